The van der Waals surface area contributed by atoms with E-state index in [0.717, 1.165) is 39.9 Å². The van der Waals surface area contributed by atoms with E-state index in [1.807, 2.05) is 0 Å². The first-order valence-electron chi connectivity index (χ1n) is 10.5. The van der Waals surface area contributed by atoms with Gasteiger partial charge >= 0.3 is 6.18 Å². The van der Waals surface area contributed by atoms with E-state index in [1.54, 1.807) is 0 Å². The van der Waals surface area contributed by atoms with Crippen LogP contribution in [0.3, 0.4) is 0 Å². The Bertz CT molecular complexity index is 1350. The van der Waals surface area contributed by atoms with Crippen molar-refractivity contribution in [3.63, 3.8) is 0 Å². The van der Waals surface area contributed by atoms with Gasteiger partial charge in [-0.1, -0.05) is 29.5 Å². The SMILES string of the molecule is Nc1nc(NC2CCN(S(=O)(=O)c3cccc(C(F)(F)F)c3)CC2)sc1C(=O)c1cccc(F)c1. The number of thiazole rings is 1. The molecule has 0 unspecified atom stereocenters. The van der Waals surface area contributed by atoms with E-state index in [4.69, 9.17) is 5.73 Å². The fourth-order valence-corrected chi connectivity index (χ4v) is 6.15. The molecule has 1 fully saturated rings. The lowest BCUT2D eigenvalue weighted by Crippen LogP contribution is -2.42. The van der Waals surface area contributed by atoms with Crippen molar-refractivity contribution in [2.24, 2.45) is 0 Å². The lowest BCUT2D eigenvalue weighted by Gasteiger charge is -2.31. The molecule has 2 heterocycles. The van der Waals surface area contributed by atoms with Crippen LogP contribution in [-0.4, -0.2) is 42.6 Å². The number of piperidine rings is 1. The number of sulfonamides is 1. The zero-order valence-electron chi connectivity index (χ0n) is 18.0. The Hall–Kier alpha value is -3.03. The highest BCUT2D eigenvalue weighted by atomic mass is 32.2. The molecule has 0 aliphatic carbocycles. The molecule has 13 heteroatoms. The number of ketones is 1. The van der Waals surface area contributed by atoms with Crippen molar-refractivity contribution >= 4 is 38.1 Å². The van der Waals surface area contributed by atoms with E-state index in [1.165, 1.54) is 18.2 Å². The van der Waals surface area contributed by atoms with E-state index >= 15 is 0 Å². The summed E-state index contributed by atoms with van der Waals surface area (Å²) >= 11 is 1.01. The molecule has 0 saturated carbocycles. The molecule has 0 radical (unpaired) electrons. The summed E-state index contributed by atoms with van der Waals surface area (Å²) in [7, 11) is -4.09. The molecule has 186 valence electrons. The van der Waals surface area contributed by atoms with Crippen molar-refractivity contribution in [2.45, 2.75) is 30.0 Å². The van der Waals surface area contributed by atoms with Crippen LogP contribution in [0.5, 0.6) is 0 Å². The largest absolute Gasteiger partial charge is 0.416 e. The summed E-state index contributed by atoms with van der Waals surface area (Å²) in [5, 5.41) is 3.49. The summed E-state index contributed by atoms with van der Waals surface area (Å²) in [5.41, 5.74) is 5.00. The third kappa shape index (κ3) is 5.46. The van der Waals surface area contributed by atoms with Gasteiger partial charge in [-0.3, -0.25) is 4.79 Å². The molecule has 3 N–H and O–H groups in total. The average Bonchev–Trinajstić information content (AvgIpc) is 3.18. The van der Waals surface area contributed by atoms with Gasteiger partial charge in [0.15, 0.2) is 5.13 Å². The minimum Gasteiger partial charge on any atom is -0.382 e. The number of nitrogens with one attached hydrogen (secondary N) is 1. The number of benzene rings is 2. The number of aromatic nitrogens is 1. The van der Waals surface area contributed by atoms with Gasteiger partial charge in [-0.2, -0.15) is 17.5 Å². The minimum absolute atomic E-state index is 0.00341. The molecule has 35 heavy (non-hydrogen) atoms. The third-order valence-electron chi connectivity index (χ3n) is 5.53. The normalized spacial score (nSPS) is 15.8. The van der Waals surface area contributed by atoms with Crippen molar-refractivity contribution in [3.05, 3.63) is 70.4 Å². The maximum atomic E-state index is 13.4. The molecule has 2 aromatic carbocycles. The summed E-state index contributed by atoms with van der Waals surface area (Å²) in [4.78, 5) is 16.6. The number of rotatable bonds is 6. The highest BCUT2D eigenvalue weighted by molar-refractivity contribution is 7.89. The quantitative estimate of drug-likeness (QED) is 0.364. The first-order chi connectivity index (χ1) is 16.4. The zero-order valence-corrected chi connectivity index (χ0v) is 19.7. The van der Waals surface area contributed by atoms with Crippen molar-refractivity contribution in [2.75, 3.05) is 24.1 Å². The minimum atomic E-state index is -4.65. The van der Waals surface area contributed by atoms with Gasteiger partial charge in [-0.05, 0) is 43.2 Å². The van der Waals surface area contributed by atoms with E-state index < -0.39 is 38.3 Å². The van der Waals surface area contributed by atoms with Gasteiger partial charge in [0.25, 0.3) is 0 Å². The maximum absolute atomic E-state index is 13.4. The summed E-state index contributed by atoms with van der Waals surface area (Å²) in [6.07, 6.45) is -3.91. The number of carbonyl (C=O) groups excluding carboxylic acids is 1. The number of nitrogen functional groups attached to an aromatic ring is 1. The van der Waals surface area contributed by atoms with Crippen LogP contribution in [0, 0.1) is 5.82 Å². The lowest BCUT2D eigenvalue weighted by molar-refractivity contribution is -0.137. The Morgan fingerprint density at radius 1 is 1.11 bits per heavy atom. The van der Waals surface area contributed by atoms with Crippen LogP contribution in [0.1, 0.15) is 33.6 Å². The molecule has 1 aliphatic rings. The number of nitrogens with zero attached hydrogens (tertiary/aromatic N) is 2. The second kappa shape index (κ2) is 9.55. The Kier molecular flexibility index (Phi) is 6.84. The second-order valence-electron chi connectivity index (χ2n) is 7.92. The molecule has 3 aromatic rings. The van der Waals surface area contributed by atoms with Crippen molar-refractivity contribution in [3.8, 4) is 0 Å². The predicted molar refractivity (Wildman–Crippen MR) is 123 cm³/mol. The van der Waals surface area contributed by atoms with E-state index in [9.17, 15) is 30.8 Å². The van der Waals surface area contributed by atoms with Gasteiger partial charge in [0.1, 0.15) is 16.5 Å². The number of hydrogen-bond donors (Lipinski definition) is 2. The predicted octanol–water partition coefficient (Wildman–Crippen LogP) is 4.38. The molecule has 4 rings (SSSR count). The van der Waals surface area contributed by atoms with Crippen LogP contribution < -0.4 is 11.1 Å². The van der Waals surface area contributed by atoms with Crippen LogP contribution >= 0.6 is 11.3 Å². The first-order valence-corrected chi connectivity index (χ1v) is 12.7. The topological polar surface area (TPSA) is 105 Å². The van der Waals surface area contributed by atoms with Crippen LogP contribution in [0.2, 0.25) is 0 Å². The number of halogens is 4. The molecular weight excluding hydrogens is 508 g/mol. The van der Waals surface area contributed by atoms with Crippen LogP contribution in [0.25, 0.3) is 0 Å². The second-order valence-corrected chi connectivity index (χ2v) is 10.9. The van der Waals surface area contributed by atoms with Crippen LogP contribution in [0.15, 0.2) is 53.4 Å². The molecule has 0 atom stereocenters. The molecule has 1 aromatic heterocycles. The van der Waals surface area contributed by atoms with Gasteiger partial charge in [0, 0.05) is 24.7 Å². The van der Waals surface area contributed by atoms with Gasteiger partial charge < -0.3 is 11.1 Å². The maximum Gasteiger partial charge on any atom is 0.416 e. The highest BCUT2D eigenvalue weighted by Crippen LogP contribution is 2.33. The van der Waals surface area contributed by atoms with Gasteiger partial charge in [-0.15, -0.1) is 0 Å². The van der Waals surface area contributed by atoms with E-state index in [0.29, 0.717) is 24.0 Å². The molecule has 0 bridgehead atoms. The van der Waals surface area contributed by atoms with Crippen LogP contribution in [-0.2, 0) is 16.2 Å². The summed E-state index contributed by atoms with van der Waals surface area (Å²) in [6.45, 7) is 0.179. The first kappa shape index (κ1) is 25.1. The lowest BCUT2D eigenvalue weighted by atomic mass is 10.1. The molecular formula is C22H20F4N4O3S2. The third-order valence-corrected chi connectivity index (χ3v) is 8.42. The van der Waals surface area contributed by atoms with Gasteiger partial charge in [0.05, 0.1) is 10.5 Å². The zero-order chi connectivity index (χ0) is 25.4. The number of carbonyl (C=O) groups is 1. The monoisotopic (exact) mass is 528 g/mol. The number of hydrogen-bond acceptors (Lipinski definition) is 7. The molecule has 0 spiro atoms. The van der Waals surface area contributed by atoms with Crippen molar-refractivity contribution in [1.82, 2.24) is 9.29 Å². The summed E-state index contributed by atoms with van der Waals surface area (Å²) in [6, 6.07) is 8.69. The fourth-order valence-electron chi connectivity index (χ4n) is 3.71. The van der Waals surface area contributed by atoms with E-state index in [2.05, 4.69) is 10.3 Å². The van der Waals surface area contributed by atoms with E-state index in [-0.39, 0.29) is 35.4 Å². The molecule has 1 saturated heterocycles. The number of nitrogens with two attached hydrogens (primary N) is 1. The smallest absolute Gasteiger partial charge is 0.382 e. The Morgan fingerprint density at radius 2 is 1.80 bits per heavy atom. The number of alkyl halides is 3. The Balaban J connectivity index is 1.41. The molecule has 7 nitrogen and oxygen atoms in total. The summed E-state index contributed by atoms with van der Waals surface area (Å²) < 4.78 is 79.3. The van der Waals surface area contributed by atoms with Gasteiger partial charge in [0.2, 0.25) is 15.8 Å². The Morgan fingerprint density at radius 3 is 2.46 bits per heavy atom. The Labute approximate surface area is 202 Å². The molecule has 1 aliphatic heterocycles. The summed E-state index contributed by atoms with van der Waals surface area (Å²) in [5.74, 6) is -1.02. The van der Waals surface area contributed by atoms with Crippen molar-refractivity contribution in [1.29, 1.82) is 0 Å². The fraction of sp³-hybridized carbons (Fsp3) is 0.273. The average molecular weight is 529 g/mol. The van der Waals surface area contributed by atoms with Gasteiger partial charge in [-0.25, -0.2) is 17.8 Å². The highest BCUT2D eigenvalue weighted by Gasteiger charge is 2.34. The molecule has 0 amide bonds. The van der Waals surface area contributed by atoms with Crippen LogP contribution in [0.4, 0.5) is 28.5 Å². The van der Waals surface area contributed by atoms with Crippen molar-refractivity contribution < 1.29 is 30.8 Å². The standard InChI is InChI=1S/C22H20F4N4O3S2/c23-15-5-1-3-13(11-15)18(31)19-20(27)29-21(34-19)28-16-7-9-30(10-8-16)35(32,33)17-6-2-4-14(12-17)22(24,25)26/h1-6,11-12,16H,7-10,27H2,(H,28,29). The number of anilines is 2.